The van der Waals surface area contributed by atoms with Crippen LogP contribution >= 0.6 is 0 Å². The fourth-order valence-electron chi connectivity index (χ4n) is 4.71. The van der Waals surface area contributed by atoms with E-state index in [0.717, 1.165) is 29.9 Å². The highest BCUT2D eigenvalue weighted by Crippen LogP contribution is 2.47. The van der Waals surface area contributed by atoms with E-state index in [2.05, 4.69) is 54.6 Å². The standard InChI is InChI=1S/C29H30O4/c1-4-33-28(30)18-7-20-5-8-22(9-6-20)29-26(21-10-13-24(31-2)14-11-21)16-12-23-19-25(32-3)15-17-27(23)29/h5-11,13-15,17-19,26,29H,4,12,16H2,1-3H3/t26-,29+/m1/s1. The Morgan fingerprint density at radius 3 is 2.24 bits per heavy atom. The van der Waals surface area contributed by atoms with Crippen molar-refractivity contribution in [3.8, 4) is 11.5 Å². The molecule has 3 aromatic rings. The number of ether oxygens (including phenoxy) is 3. The van der Waals surface area contributed by atoms with E-state index in [1.807, 2.05) is 12.1 Å². The van der Waals surface area contributed by atoms with Gasteiger partial charge >= 0.3 is 5.97 Å². The zero-order valence-electron chi connectivity index (χ0n) is 19.4. The lowest BCUT2D eigenvalue weighted by molar-refractivity contribution is -0.137. The Morgan fingerprint density at radius 1 is 0.909 bits per heavy atom. The molecule has 2 atom stereocenters. The van der Waals surface area contributed by atoms with Crippen LogP contribution in [-0.4, -0.2) is 26.8 Å². The zero-order chi connectivity index (χ0) is 23.2. The molecule has 4 rings (SSSR count). The van der Waals surface area contributed by atoms with E-state index in [-0.39, 0.29) is 11.9 Å². The Labute approximate surface area is 195 Å². The molecule has 0 heterocycles. The van der Waals surface area contributed by atoms with E-state index in [1.54, 1.807) is 27.2 Å². The van der Waals surface area contributed by atoms with Gasteiger partial charge in [-0.05, 0) is 83.8 Å². The average molecular weight is 443 g/mol. The van der Waals surface area contributed by atoms with Gasteiger partial charge in [-0.1, -0.05) is 42.5 Å². The van der Waals surface area contributed by atoms with Crippen LogP contribution in [0, 0.1) is 0 Å². The Hall–Kier alpha value is -3.53. The molecule has 0 unspecified atom stereocenters. The monoisotopic (exact) mass is 442 g/mol. The van der Waals surface area contributed by atoms with Crippen molar-refractivity contribution in [2.24, 2.45) is 0 Å². The third kappa shape index (κ3) is 5.11. The molecule has 1 aliphatic rings. The first-order chi connectivity index (χ1) is 16.1. The van der Waals surface area contributed by atoms with Gasteiger partial charge in [0, 0.05) is 12.0 Å². The fraction of sp³-hybridized carbons (Fsp3) is 0.276. The van der Waals surface area contributed by atoms with Crippen LogP contribution in [0.4, 0.5) is 0 Å². The van der Waals surface area contributed by atoms with E-state index in [0.29, 0.717) is 12.5 Å². The van der Waals surface area contributed by atoms with Gasteiger partial charge in [-0.25, -0.2) is 4.79 Å². The minimum absolute atomic E-state index is 0.233. The maximum absolute atomic E-state index is 11.6. The second-order valence-electron chi connectivity index (χ2n) is 8.21. The minimum atomic E-state index is -0.323. The molecule has 0 bridgehead atoms. The molecule has 0 saturated heterocycles. The smallest absolute Gasteiger partial charge is 0.330 e. The van der Waals surface area contributed by atoms with Crippen molar-refractivity contribution in [1.29, 1.82) is 0 Å². The summed E-state index contributed by atoms with van der Waals surface area (Å²) in [6, 6.07) is 23.4. The van der Waals surface area contributed by atoms with Gasteiger partial charge in [0.1, 0.15) is 11.5 Å². The summed E-state index contributed by atoms with van der Waals surface area (Å²) < 4.78 is 15.8. The molecular formula is C29H30O4. The molecule has 0 N–H and O–H groups in total. The van der Waals surface area contributed by atoms with E-state index in [9.17, 15) is 4.79 Å². The maximum atomic E-state index is 11.6. The molecule has 3 aromatic carbocycles. The lowest BCUT2D eigenvalue weighted by atomic mass is 9.69. The van der Waals surface area contributed by atoms with Gasteiger partial charge in [0.05, 0.1) is 20.8 Å². The number of carbonyl (C=O) groups is 1. The number of hydrogen-bond acceptors (Lipinski definition) is 4. The molecule has 0 aliphatic heterocycles. The van der Waals surface area contributed by atoms with Gasteiger partial charge in [0.2, 0.25) is 0 Å². The predicted molar refractivity (Wildman–Crippen MR) is 131 cm³/mol. The third-order valence-corrected chi connectivity index (χ3v) is 6.35. The number of fused-ring (bicyclic) bond motifs is 1. The maximum Gasteiger partial charge on any atom is 0.330 e. The molecule has 0 spiro atoms. The van der Waals surface area contributed by atoms with Crippen LogP contribution in [0.2, 0.25) is 0 Å². The van der Waals surface area contributed by atoms with Gasteiger partial charge < -0.3 is 14.2 Å². The Kier molecular flexibility index (Phi) is 7.13. The van der Waals surface area contributed by atoms with Crippen LogP contribution in [-0.2, 0) is 16.0 Å². The molecule has 0 aromatic heterocycles. The van der Waals surface area contributed by atoms with Crippen LogP contribution in [0.5, 0.6) is 11.5 Å². The van der Waals surface area contributed by atoms with E-state index >= 15 is 0 Å². The van der Waals surface area contributed by atoms with Crippen LogP contribution in [0.1, 0.15) is 53.0 Å². The van der Waals surface area contributed by atoms with Crippen molar-refractivity contribution in [1.82, 2.24) is 0 Å². The van der Waals surface area contributed by atoms with Gasteiger partial charge in [-0.15, -0.1) is 0 Å². The fourth-order valence-corrected chi connectivity index (χ4v) is 4.71. The van der Waals surface area contributed by atoms with Crippen molar-refractivity contribution in [3.63, 3.8) is 0 Å². The Balaban J connectivity index is 1.69. The SMILES string of the molecule is CCOC(=O)C=Cc1ccc([C@@H]2c3ccc(OC)cc3CC[C@@H]2c2ccc(OC)cc2)cc1. The second-order valence-corrected chi connectivity index (χ2v) is 8.21. The normalized spacial score (nSPS) is 17.4. The topological polar surface area (TPSA) is 44.8 Å². The minimum Gasteiger partial charge on any atom is -0.497 e. The number of benzene rings is 3. The highest BCUT2D eigenvalue weighted by atomic mass is 16.5. The zero-order valence-corrected chi connectivity index (χ0v) is 19.4. The van der Waals surface area contributed by atoms with E-state index in [4.69, 9.17) is 14.2 Å². The Morgan fingerprint density at radius 2 is 1.58 bits per heavy atom. The van der Waals surface area contributed by atoms with Crippen LogP contribution in [0.25, 0.3) is 6.08 Å². The number of methoxy groups -OCH3 is 2. The number of carbonyl (C=O) groups excluding carboxylic acids is 1. The summed E-state index contributed by atoms with van der Waals surface area (Å²) in [6.45, 7) is 2.18. The lowest BCUT2D eigenvalue weighted by Gasteiger charge is -2.35. The van der Waals surface area contributed by atoms with Crippen molar-refractivity contribution in [2.45, 2.75) is 31.6 Å². The van der Waals surface area contributed by atoms with Gasteiger partial charge in [0.25, 0.3) is 0 Å². The van der Waals surface area contributed by atoms with E-state index < -0.39 is 0 Å². The molecule has 1 aliphatic carbocycles. The summed E-state index contributed by atoms with van der Waals surface area (Å²) in [7, 11) is 3.41. The number of rotatable bonds is 7. The van der Waals surface area contributed by atoms with E-state index in [1.165, 1.54) is 28.3 Å². The first-order valence-electron chi connectivity index (χ1n) is 11.4. The van der Waals surface area contributed by atoms with Crippen molar-refractivity contribution in [3.05, 3.63) is 101 Å². The summed E-state index contributed by atoms with van der Waals surface area (Å²) in [6.07, 6.45) is 5.34. The second kappa shape index (κ2) is 10.4. The highest BCUT2D eigenvalue weighted by Gasteiger charge is 2.32. The van der Waals surface area contributed by atoms with Gasteiger partial charge in [-0.3, -0.25) is 0 Å². The quantitative estimate of drug-likeness (QED) is 0.326. The van der Waals surface area contributed by atoms with Crippen molar-refractivity contribution < 1.29 is 19.0 Å². The third-order valence-electron chi connectivity index (χ3n) is 6.35. The summed E-state index contributed by atoms with van der Waals surface area (Å²) in [5, 5.41) is 0. The molecule has 0 saturated carbocycles. The largest absolute Gasteiger partial charge is 0.497 e. The summed E-state index contributed by atoms with van der Waals surface area (Å²) in [5.41, 5.74) is 6.23. The molecule has 0 radical (unpaired) electrons. The molecule has 0 amide bonds. The van der Waals surface area contributed by atoms with Crippen molar-refractivity contribution >= 4 is 12.0 Å². The van der Waals surface area contributed by atoms with Gasteiger partial charge in [0.15, 0.2) is 0 Å². The first-order valence-corrected chi connectivity index (χ1v) is 11.4. The molecule has 170 valence electrons. The number of aryl methyl sites for hydroxylation is 1. The number of esters is 1. The molecule has 4 heteroatoms. The Bertz CT molecular complexity index is 1110. The lowest BCUT2D eigenvalue weighted by Crippen LogP contribution is -2.20. The first kappa shape index (κ1) is 22.7. The molecular weight excluding hydrogens is 412 g/mol. The predicted octanol–water partition coefficient (Wildman–Crippen LogP) is 6.14. The van der Waals surface area contributed by atoms with Crippen molar-refractivity contribution in [2.75, 3.05) is 20.8 Å². The summed E-state index contributed by atoms with van der Waals surface area (Å²) >= 11 is 0. The molecule has 0 fully saturated rings. The molecule has 4 nitrogen and oxygen atoms in total. The average Bonchev–Trinajstić information content (AvgIpc) is 2.87. The number of hydrogen-bond donors (Lipinski definition) is 0. The molecule has 33 heavy (non-hydrogen) atoms. The summed E-state index contributed by atoms with van der Waals surface area (Å²) in [4.78, 5) is 11.6. The highest BCUT2D eigenvalue weighted by molar-refractivity contribution is 5.87. The summed E-state index contributed by atoms with van der Waals surface area (Å²) in [5.74, 6) is 2.04. The van der Waals surface area contributed by atoms with Crippen LogP contribution in [0.3, 0.4) is 0 Å². The van der Waals surface area contributed by atoms with Gasteiger partial charge in [-0.2, -0.15) is 0 Å². The van der Waals surface area contributed by atoms with Crippen LogP contribution < -0.4 is 9.47 Å². The van der Waals surface area contributed by atoms with Crippen LogP contribution in [0.15, 0.2) is 72.8 Å².